The topological polar surface area (TPSA) is 24.1 Å². The van der Waals surface area contributed by atoms with Crippen LogP contribution in [0.2, 0.25) is 0 Å². The third-order valence-electron chi connectivity index (χ3n) is 1.89. The summed E-state index contributed by atoms with van der Waals surface area (Å²) in [5, 5.41) is 5.03. The van der Waals surface area contributed by atoms with Crippen molar-refractivity contribution in [3.63, 3.8) is 0 Å². The van der Waals surface area contributed by atoms with E-state index in [0.717, 1.165) is 19.3 Å². The quantitative estimate of drug-likeness (QED) is 0.679. The summed E-state index contributed by atoms with van der Waals surface area (Å²) < 4.78 is 35.1. The number of nitrogens with one attached hydrogen (secondary N) is 2. The maximum absolute atomic E-state index is 11.7. The summed E-state index contributed by atoms with van der Waals surface area (Å²) in [5.74, 6) is 0. The van der Waals surface area contributed by atoms with Crippen molar-refractivity contribution in [2.24, 2.45) is 0 Å². The normalized spacial score (nSPS) is 17.8. The molecule has 0 unspecified atom stereocenters. The highest BCUT2D eigenvalue weighted by Gasteiger charge is 2.27. The molecule has 1 saturated carbocycles. The van der Waals surface area contributed by atoms with E-state index < -0.39 is 12.7 Å². The van der Waals surface area contributed by atoms with E-state index in [1.807, 2.05) is 0 Å². The highest BCUT2D eigenvalue weighted by Crippen LogP contribution is 2.18. The Morgan fingerprint density at radius 2 is 2.00 bits per heavy atom. The fourth-order valence-electron chi connectivity index (χ4n) is 0.970. The summed E-state index contributed by atoms with van der Waals surface area (Å²) in [6, 6.07) is 0.272. The summed E-state index contributed by atoms with van der Waals surface area (Å²) in [6.45, 7) is -1.06. The second kappa shape index (κ2) is 4.13. The van der Waals surface area contributed by atoms with Crippen LogP contribution in [0, 0.1) is 0 Å². The Morgan fingerprint density at radius 1 is 1.38 bits per heavy atom. The Hall–Kier alpha value is -0.520. The van der Waals surface area contributed by atoms with Crippen LogP contribution < -0.4 is 10.6 Å². The molecule has 2 N–H and O–H groups in total. The molecule has 0 aromatic carbocycles. The van der Waals surface area contributed by atoms with Crippen LogP contribution in [0.5, 0.6) is 0 Å². The Morgan fingerprint density at radius 3 is 2.38 bits per heavy atom. The van der Waals surface area contributed by atoms with E-state index in [1.165, 1.54) is 0 Å². The van der Waals surface area contributed by atoms with Gasteiger partial charge in [0.15, 0.2) is 5.11 Å². The van der Waals surface area contributed by atoms with Crippen molar-refractivity contribution in [1.82, 2.24) is 10.6 Å². The summed E-state index contributed by atoms with van der Waals surface area (Å²) in [6.07, 6.45) is -1.09. The van der Waals surface area contributed by atoms with Crippen molar-refractivity contribution in [2.45, 2.75) is 31.5 Å². The molecule has 0 amide bonds. The zero-order chi connectivity index (χ0) is 9.90. The lowest BCUT2D eigenvalue weighted by Gasteiger charge is -2.27. The fourth-order valence-corrected chi connectivity index (χ4v) is 1.21. The van der Waals surface area contributed by atoms with Gasteiger partial charge < -0.3 is 10.6 Å². The lowest BCUT2D eigenvalue weighted by atomic mass is 9.93. The largest absolute Gasteiger partial charge is 0.405 e. The summed E-state index contributed by atoms with van der Waals surface area (Å²) >= 11 is 4.68. The molecule has 0 spiro atoms. The molecule has 6 heteroatoms. The van der Waals surface area contributed by atoms with Crippen LogP contribution in [0.25, 0.3) is 0 Å². The molecule has 0 aromatic rings. The van der Waals surface area contributed by atoms with Gasteiger partial charge in [-0.1, -0.05) is 0 Å². The van der Waals surface area contributed by atoms with Crippen LogP contribution in [0.15, 0.2) is 0 Å². The van der Waals surface area contributed by atoms with Crippen LogP contribution in [0.3, 0.4) is 0 Å². The van der Waals surface area contributed by atoms with Gasteiger partial charge in [0, 0.05) is 6.04 Å². The number of hydrogen-bond acceptors (Lipinski definition) is 1. The van der Waals surface area contributed by atoms with Gasteiger partial charge in [-0.2, -0.15) is 13.2 Å². The van der Waals surface area contributed by atoms with Crippen molar-refractivity contribution < 1.29 is 13.2 Å². The van der Waals surface area contributed by atoms with Crippen LogP contribution in [0.1, 0.15) is 19.3 Å². The minimum absolute atomic E-state index is 0.0991. The van der Waals surface area contributed by atoms with Gasteiger partial charge in [0.05, 0.1) is 0 Å². The van der Waals surface area contributed by atoms with Gasteiger partial charge in [-0.25, -0.2) is 0 Å². The molecule has 0 radical (unpaired) electrons. The monoisotopic (exact) mass is 212 g/mol. The number of thiocarbonyl (C=S) groups is 1. The molecule has 2 nitrogen and oxygen atoms in total. The van der Waals surface area contributed by atoms with Crippen molar-refractivity contribution in [3.8, 4) is 0 Å². The molecule has 76 valence electrons. The van der Waals surface area contributed by atoms with E-state index >= 15 is 0 Å². The van der Waals surface area contributed by atoms with E-state index in [0.29, 0.717) is 0 Å². The molecule has 1 aliphatic rings. The molecule has 1 aliphatic carbocycles. The number of hydrogen-bond donors (Lipinski definition) is 2. The third kappa shape index (κ3) is 4.31. The Balaban J connectivity index is 2.10. The minimum atomic E-state index is -4.20. The number of halogens is 3. The average Bonchev–Trinajstić information content (AvgIpc) is 1.91. The van der Waals surface area contributed by atoms with Gasteiger partial charge in [0.1, 0.15) is 6.54 Å². The van der Waals surface area contributed by atoms with Crippen molar-refractivity contribution in [1.29, 1.82) is 0 Å². The Bertz CT molecular complexity index is 189. The van der Waals surface area contributed by atoms with Gasteiger partial charge in [-0.3, -0.25) is 0 Å². The second-order valence-corrected chi connectivity index (χ2v) is 3.48. The maximum Gasteiger partial charge on any atom is 0.405 e. The lowest BCUT2D eigenvalue weighted by Crippen LogP contribution is -2.47. The number of alkyl halides is 3. The maximum atomic E-state index is 11.7. The van der Waals surface area contributed by atoms with Crippen LogP contribution in [-0.2, 0) is 0 Å². The Kier molecular flexibility index (Phi) is 3.35. The summed E-state index contributed by atoms with van der Waals surface area (Å²) in [4.78, 5) is 0. The van der Waals surface area contributed by atoms with Crippen molar-refractivity contribution >= 4 is 17.3 Å². The molecule has 1 fully saturated rings. The molecule has 13 heavy (non-hydrogen) atoms. The van der Waals surface area contributed by atoms with Gasteiger partial charge in [0.25, 0.3) is 0 Å². The summed E-state index contributed by atoms with van der Waals surface area (Å²) in [5.41, 5.74) is 0. The SMILES string of the molecule is FC(F)(F)CNC(=S)NC1CCC1. The molecule has 1 rings (SSSR count). The first-order valence-corrected chi connectivity index (χ1v) is 4.49. The Labute approximate surface area is 79.9 Å². The fraction of sp³-hybridized carbons (Fsp3) is 0.857. The van der Waals surface area contributed by atoms with Gasteiger partial charge in [-0.15, -0.1) is 0 Å². The average molecular weight is 212 g/mol. The predicted molar refractivity (Wildman–Crippen MR) is 47.4 cm³/mol. The van der Waals surface area contributed by atoms with E-state index in [9.17, 15) is 13.2 Å². The van der Waals surface area contributed by atoms with Gasteiger partial charge in [0.2, 0.25) is 0 Å². The van der Waals surface area contributed by atoms with Crippen molar-refractivity contribution in [2.75, 3.05) is 6.54 Å². The molecule has 0 atom stereocenters. The van der Waals surface area contributed by atoms with E-state index in [1.54, 1.807) is 0 Å². The standard InChI is InChI=1S/C7H11F3N2S/c8-7(9,10)4-11-6(13)12-5-2-1-3-5/h5H,1-4H2,(H2,11,12,13). The second-order valence-electron chi connectivity index (χ2n) is 3.07. The lowest BCUT2D eigenvalue weighted by molar-refractivity contribution is -0.122. The molecule has 0 bridgehead atoms. The molecule has 0 saturated heterocycles. The molecule has 0 heterocycles. The first kappa shape index (κ1) is 10.6. The van der Waals surface area contributed by atoms with Gasteiger partial charge >= 0.3 is 6.18 Å². The first-order chi connectivity index (χ1) is 5.97. The third-order valence-corrected chi connectivity index (χ3v) is 2.15. The predicted octanol–water partition coefficient (Wildman–Crippen LogP) is 1.57. The molecule has 0 aromatic heterocycles. The van der Waals surface area contributed by atoms with Crippen LogP contribution in [-0.4, -0.2) is 23.9 Å². The molecular formula is C7H11F3N2S. The summed E-state index contributed by atoms with van der Waals surface area (Å²) in [7, 11) is 0. The zero-order valence-electron chi connectivity index (χ0n) is 6.95. The van der Waals surface area contributed by atoms with Crippen LogP contribution >= 0.6 is 12.2 Å². The molecule has 0 aliphatic heterocycles. The van der Waals surface area contributed by atoms with Gasteiger partial charge in [-0.05, 0) is 31.5 Å². The van der Waals surface area contributed by atoms with E-state index in [-0.39, 0.29) is 11.2 Å². The van der Waals surface area contributed by atoms with E-state index in [2.05, 4.69) is 22.9 Å². The van der Waals surface area contributed by atoms with E-state index in [4.69, 9.17) is 0 Å². The minimum Gasteiger partial charge on any atom is -0.360 e. The van der Waals surface area contributed by atoms with Crippen molar-refractivity contribution in [3.05, 3.63) is 0 Å². The smallest absolute Gasteiger partial charge is 0.360 e. The molecular weight excluding hydrogens is 201 g/mol. The highest BCUT2D eigenvalue weighted by atomic mass is 32.1. The zero-order valence-corrected chi connectivity index (χ0v) is 7.76. The first-order valence-electron chi connectivity index (χ1n) is 4.08. The van der Waals surface area contributed by atoms with Crippen LogP contribution in [0.4, 0.5) is 13.2 Å². The highest BCUT2D eigenvalue weighted by molar-refractivity contribution is 7.80. The number of rotatable bonds is 2.